The second-order valence-electron chi connectivity index (χ2n) is 8.93. The van der Waals surface area contributed by atoms with Crippen LogP contribution in [-0.4, -0.2) is 51.9 Å². The van der Waals surface area contributed by atoms with Crippen LogP contribution in [0.25, 0.3) is 0 Å². The molecule has 2 aliphatic heterocycles. The Morgan fingerprint density at radius 1 is 1.20 bits per heavy atom. The highest BCUT2D eigenvalue weighted by Gasteiger charge is 2.49. The van der Waals surface area contributed by atoms with E-state index in [9.17, 15) is 9.59 Å². The fraction of sp³-hybridized carbons (Fsp3) is 0.700. The van der Waals surface area contributed by atoms with Gasteiger partial charge in [0.2, 0.25) is 5.91 Å². The molecular formula is C20H31N3O2. The van der Waals surface area contributed by atoms with E-state index in [1.54, 1.807) is 0 Å². The summed E-state index contributed by atoms with van der Waals surface area (Å²) in [6.45, 7) is 12.6. The highest BCUT2D eigenvalue weighted by atomic mass is 16.2. The number of carbonyl (C=O) groups excluding carboxylic acids is 2. The minimum atomic E-state index is -0.356. The molecule has 2 aliphatic rings. The summed E-state index contributed by atoms with van der Waals surface area (Å²) in [6, 6.07) is 2.12. The van der Waals surface area contributed by atoms with Gasteiger partial charge in [0.05, 0.1) is 11.0 Å². The molecule has 2 amide bonds. The smallest absolute Gasteiger partial charge is 0.255 e. The number of hydrogen-bond donors (Lipinski definition) is 0. The van der Waals surface area contributed by atoms with Crippen LogP contribution in [0.2, 0.25) is 0 Å². The molecule has 1 aromatic heterocycles. The van der Waals surface area contributed by atoms with Gasteiger partial charge in [-0.05, 0) is 59.9 Å². The SMILES string of the molecule is CC(C)N1CCCC2(CCN(C(=O)c3ccn(C(C)(C)C)c3)C2)C1=O. The van der Waals surface area contributed by atoms with E-state index in [2.05, 4.69) is 39.2 Å². The number of rotatable bonds is 2. The molecule has 5 heteroatoms. The van der Waals surface area contributed by atoms with Crippen molar-refractivity contribution in [2.24, 2.45) is 5.41 Å². The summed E-state index contributed by atoms with van der Waals surface area (Å²) < 4.78 is 2.07. The lowest BCUT2D eigenvalue weighted by molar-refractivity contribution is -0.147. The van der Waals surface area contributed by atoms with E-state index in [1.165, 1.54) is 0 Å². The van der Waals surface area contributed by atoms with Gasteiger partial charge in [0, 0.05) is 43.6 Å². The van der Waals surface area contributed by atoms with Crippen LogP contribution in [0.3, 0.4) is 0 Å². The first-order valence-electron chi connectivity index (χ1n) is 9.43. The summed E-state index contributed by atoms with van der Waals surface area (Å²) in [5.41, 5.74) is 0.322. The van der Waals surface area contributed by atoms with E-state index in [1.807, 2.05) is 28.3 Å². The Balaban J connectivity index is 1.75. The summed E-state index contributed by atoms with van der Waals surface area (Å²) in [7, 11) is 0. The van der Waals surface area contributed by atoms with Crippen molar-refractivity contribution in [2.45, 2.75) is 65.5 Å². The van der Waals surface area contributed by atoms with Crippen LogP contribution in [0.1, 0.15) is 64.2 Å². The lowest BCUT2D eigenvalue weighted by Crippen LogP contribution is -2.52. The monoisotopic (exact) mass is 345 g/mol. The predicted molar refractivity (Wildman–Crippen MR) is 98.5 cm³/mol. The van der Waals surface area contributed by atoms with Crippen molar-refractivity contribution in [1.82, 2.24) is 14.4 Å². The fourth-order valence-electron chi connectivity index (χ4n) is 4.14. The molecule has 0 bridgehead atoms. The number of amides is 2. The van der Waals surface area contributed by atoms with E-state index in [4.69, 9.17) is 0 Å². The maximum absolute atomic E-state index is 13.0. The summed E-state index contributed by atoms with van der Waals surface area (Å²) in [5.74, 6) is 0.297. The van der Waals surface area contributed by atoms with Gasteiger partial charge in [0.25, 0.3) is 5.91 Å². The quantitative estimate of drug-likeness (QED) is 0.827. The van der Waals surface area contributed by atoms with Crippen molar-refractivity contribution in [2.75, 3.05) is 19.6 Å². The normalized spacial score (nSPS) is 24.6. The van der Waals surface area contributed by atoms with Crippen molar-refractivity contribution in [3.05, 3.63) is 24.0 Å². The molecule has 3 rings (SSSR count). The standard InChI is InChI=1S/C20H31N3O2/c1-15(2)23-10-6-8-20(18(23)25)9-12-21(14-20)17(24)16-7-11-22(13-16)19(3,4)5/h7,11,13,15H,6,8-10,12,14H2,1-5H3. The minimum Gasteiger partial charge on any atom is -0.348 e. The van der Waals surface area contributed by atoms with Crippen molar-refractivity contribution in [3.8, 4) is 0 Å². The third-order valence-electron chi connectivity index (χ3n) is 5.75. The van der Waals surface area contributed by atoms with Crippen LogP contribution in [0, 0.1) is 5.41 Å². The Labute approximate surface area is 151 Å². The third kappa shape index (κ3) is 3.21. The molecule has 1 aromatic rings. The van der Waals surface area contributed by atoms with Gasteiger partial charge in [0.1, 0.15) is 0 Å². The molecule has 1 atom stereocenters. The van der Waals surface area contributed by atoms with Crippen LogP contribution in [0.4, 0.5) is 0 Å². The van der Waals surface area contributed by atoms with Crippen LogP contribution in [0.15, 0.2) is 18.5 Å². The van der Waals surface area contributed by atoms with Gasteiger partial charge in [-0.25, -0.2) is 0 Å². The molecule has 2 saturated heterocycles. The zero-order valence-corrected chi connectivity index (χ0v) is 16.2. The third-order valence-corrected chi connectivity index (χ3v) is 5.75. The molecule has 1 spiro atoms. The molecule has 1 unspecified atom stereocenters. The van der Waals surface area contributed by atoms with E-state index in [-0.39, 0.29) is 28.8 Å². The zero-order chi connectivity index (χ0) is 18.4. The van der Waals surface area contributed by atoms with E-state index in [0.717, 1.165) is 31.4 Å². The topological polar surface area (TPSA) is 45.5 Å². The van der Waals surface area contributed by atoms with Crippen LogP contribution in [0.5, 0.6) is 0 Å². The van der Waals surface area contributed by atoms with E-state index < -0.39 is 0 Å². The number of piperidine rings is 1. The molecule has 25 heavy (non-hydrogen) atoms. The first-order valence-corrected chi connectivity index (χ1v) is 9.43. The van der Waals surface area contributed by atoms with E-state index >= 15 is 0 Å². The summed E-state index contributed by atoms with van der Waals surface area (Å²) in [6.07, 6.45) is 6.62. The number of carbonyl (C=O) groups is 2. The predicted octanol–water partition coefficient (Wildman–Crippen LogP) is 3.11. The molecule has 0 radical (unpaired) electrons. The second kappa shape index (κ2) is 6.19. The molecule has 0 saturated carbocycles. The van der Waals surface area contributed by atoms with Crippen LogP contribution < -0.4 is 0 Å². The number of hydrogen-bond acceptors (Lipinski definition) is 2. The molecule has 0 N–H and O–H groups in total. The molecule has 0 aromatic carbocycles. The Hall–Kier alpha value is -1.78. The van der Waals surface area contributed by atoms with Gasteiger partial charge in [0.15, 0.2) is 0 Å². The Bertz CT molecular complexity index is 671. The van der Waals surface area contributed by atoms with Crippen LogP contribution in [-0.2, 0) is 10.3 Å². The summed E-state index contributed by atoms with van der Waals surface area (Å²) >= 11 is 0. The van der Waals surface area contributed by atoms with Crippen LogP contribution >= 0.6 is 0 Å². The number of aromatic nitrogens is 1. The Morgan fingerprint density at radius 2 is 1.92 bits per heavy atom. The van der Waals surface area contributed by atoms with Crippen molar-refractivity contribution >= 4 is 11.8 Å². The molecule has 3 heterocycles. The van der Waals surface area contributed by atoms with Gasteiger partial charge in [-0.3, -0.25) is 9.59 Å². The van der Waals surface area contributed by atoms with Crippen molar-refractivity contribution < 1.29 is 9.59 Å². The maximum atomic E-state index is 13.0. The summed E-state index contributed by atoms with van der Waals surface area (Å²) in [5, 5.41) is 0. The first-order chi connectivity index (χ1) is 11.6. The fourth-order valence-corrected chi connectivity index (χ4v) is 4.14. The number of nitrogens with zero attached hydrogens (tertiary/aromatic N) is 3. The second-order valence-corrected chi connectivity index (χ2v) is 8.93. The van der Waals surface area contributed by atoms with Crippen molar-refractivity contribution in [3.63, 3.8) is 0 Å². The largest absolute Gasteiger partial charge is 0.348 e. The van der Waals surface area contributed by atoms with Crippen molar-refractivity contribution in [1.29, 1.82) is 0 Å². The van der Waals surface area contributed by atoms with Gasteiger partial charge >= 0.3 is 0 Å². The molecule has 2 fully saturated rings. The van der Waals surface area contributed by atoms with Gasteiger partial charge < -0.3 is 14.4 Å². The maximum Gasteiger partial charge on any atom is 0.255 e. The first kappa shape index (κ1) is 18.0. The zero-order valence-electron chi connectivity index (χ0n) is 16.2. The van der Waals surface area contributed by atoms with Gasteiger partial charge in [-0.15, -0.1) is 0 Å². The van der Waals surface area contributed by atoms with Gasteiger partial charge in [-0.2, -0.15) is 0 Å². The average Bonchev–Trinajstić information content (AvgIpc) is 3.17. The molecular weight excluding hydrogens is 314 g/mol. The molecule has 138 valence electrons. The number of likely N-dealkylation sites (tertiary alicyclic amines) is 2. The van der Waals surface area contributed by atoms with E-state index in [0.29, 0.717) is 13.1 Å². The Kier molecular flexibility index (Phi) is 4.46. The lowest BCUT2D eigenvalue weighted by atomic mass is 9.78. The Morgan fingerprint density at radius 3 is 2.52 bits per heavy atom. The molecule has 5 nitrogen and oxygen atoms in total. The minimum absolute atomic E-state index is 0.0398. The highest BCUT2D eigenvalue weighted by Crippen LogP contribution is 2.41. The lowest BCUT2D eigenvalue weighted by Gasteiger charge is -2.41. The average molecular weight is 345 g/mol. The molecule has 0 aliphatic carbocycles. The van der Waals surface area contributed by atoms with Gasteiger partial charge in [-0.1, -0.05) is 0 Å². The highest BCUT2D eigenvalue weighted by molar-refractivity contribution is 5.95. The summed E-state index contributed by atoms with van der Waals surface area (Å²) in [4.78, 5) is 29.8.